The standard InChI is InChI=1S/C17H16N2O2S/c1-12-7-9-14(10-8-12)18-15-16(20)19(17(21)22-15)11-13-5-3-2-4-6-13/h2-10,15,18H,11H2,1H3. The van der Waals surface area contributed by atoms with Gasteiger partial charge in [-0.15, -0.1) is 0 Å². The Labute approximate surface area is 133 Å². The average Bonchev–Trinajstić information content (AvgIpc) is 2.78. The maximum atomic E-state index is 12.4. The van der Waals surface area contributed by atoms with Crippen LogP contribution in [-0.4, -0.2) is 21.4 Å². The molecule has 0 saturated carbocycles. The summed E-state index contributed by atoms with van der Waals surface area (Å²) in [5.74, 6) is -0.195. The molecule has 1 atom stereocenters. The second-order valence-electron chi connectivity index (χ2n) is 5.18. The second-order valence-corrected chi connectivity index (χ2v) is 6.24. The highest BCUT2D eigenvalue weighted by Gasteiger charge is 2.39. The first-order chi connectivity index (χ1) is 10.6. The van der Waals surface area contributed by atoms with Crippen molar-refractivity contribution in [1.29, 1.82) is 0 Å². The molecule has 22 heavy (non-hydrogen) atoms. The van der Waals surface area contributed by atoms with Crippen molar-refractivity contribution in [3.63, 3.8) is 0 Å². The van der Waals surface area contributed by atoms with E-state index in [2.05, 4.69) is 5.32 Å². The van der Waals surface area contributed by atoms with Gasteiger partial charge in [0.25, 0.3) is 11.1 Å². The first kappa shape index (κ1) is 14.7. The quantitative estimate of drug-likeness (QED) is 0.936. The molecule has 0 spiro atoms. The predicted octanol–water partition coefficient (Wildman–Crippen LogP) is 3.63. The fourth-order valence-electron chi connectivity index (χ4n) is 2.25. The Bertz CT molecular complexity index is 686. The normalized spacial score (nSPS) is 17.9. The molecule has 3 rings (SSSR count). The average molecular weight is 312 g/mol. The lowest BCUT2D eigenvalue weighted by Crippen LogP contribution is -2.33. The Morgan fingerprint density at radius 3 is 2.41 bits per heavy atom. The van der Waals surface area contributed by atoms with Gasteiger partial charge >= 0.3 is 0 Å². The highest BCUT2D eigenvalue weighted by atomic mass is 32.2. The van der Waals surface area contributed by atoms with Crippen LogP contribution < -0.4 is 5.32 Å². The van der Waals surface area contributed by atoms with Gasteiger partial charge in [-0.3, -0.25) is 14.5 Å². The monoisotopic (exact) mass is 312 g/mol. The Morgan fingerprint density at radius 2 is 1.73 bits per heavy atom. The fourth-order valence-corrected chi connectivity index (χ4v) is 3.15. The summed E-state index contributed by atoms with van der Waals surface area (Å²) in [6.07, 6.45) is 0. The van der Waals surface area contributed by atoms with Gasteiger partial charge in [0.05, 0.1) is 6.54 Å². The van der Waals surface area contributed by atoms with Gasteiger partial charge in [-0.2, -0.15) is 0 Å². The Balaban J connectivity index is 1.70. The molecule has 5 heteroatoms. The Kier molecular flexibility index (Phi) is 4.15. The van der Waals surface area contributed by atoms with Crippen molar-refractivity contribution in [2.75, 3.05) is 5.32 Å². The van der Waals surface area contributed by atoms with E-state index in [0.717, 1.165) is 28.6 Å². The maximum absolute atomic E-state index is 12.4. The van der Waals surface area contributed by atoms with Gasteiger partial charge in [0.15, 0.2) is 5.37 Å². The van der Waals surface area contributed by atoms with Crippen LogP contribution in [0.15, 0.2) is 54.6 Å². The molecule has 1 saturated heterocycles. The van der Waals surface area contributed by atoms with E-state index in [4.69, 9.17) is 0 Å². The molecule has 0 aromatic heterocycles. The third-order valence-corrected chi connectivity index (χ3v) is 4.44. The van der Waals surface area contributed by atoms with E-state index >= 15 is 0 Å². The number of amides is 2. The summed E-state index contributed by atoms with van der Waals surface area (Å²) < 4.78 is 0. The van der Waals surface area contributed by atoms with Crippen LogP contribution in [0.1, 0.15) is 11.1 Å². The molecule has 1 heterocycles. The number of carbonyl (C=O) groups excluding carboxylic acids is 2. The molecule has 0 aliphatic carbocycles. The summed E-state index contributed by atoms with van der Waals surface area (Å²) in [6.45, 7) is 2.32. The largest absolute Gasteiger partial charge is 0.365 e. The van der Waals surface area contributed by atoms with E-state index in [1.165, 1.54) is 4.90 Å². The number of rotatable bonds is 4. The fraction of sp³-hybridized carbons (Fsp3) is 0.176. The third-order valence-electron chi connectivity index (χ3n) is 3.46. The number of aryl methyl sites for hydroxylation is 1. The van der Waals surface area contributed by atoms with Crippen molar-refractivity contribution in [3.05, 3.63) is 65.7 Å². The number of imide groups is 1. The summed E-state index contributed by atoms with van der Waals surface area (Å²) in [7, 11) is 0. The molecule has 2 aromatic rings. The highest BCUT2D eigenvalue weighted by Crippen LogP contribution is 2.29. The van der Waals surface area contributed by atoms with E-state index in [0.29, 0.717) is 6.54 Å². The van der Waals surface area contributed by atoms with Crippen LogP contribution >= 0.6 is 11.8 Å². The van der Waals surface area contributed by atoms with Gasteiger partial charge in [-0.05, 0) is 36.4 Å². The van der Waals surface area contributed by atoms with Crippen LogP contribution in [0, 0.1) is 6.92 Å². The van der Waals surface area contributed by atoms with Crippen molar-refractivity contribution in [2.45, 2.75) is 18.8 Å². The van der Waals surface area contributed by atoms with E-state index in [-0.39, 0.29) is 11.1 Å². The number of thioether (sulfide) groups is 1. The summed E-state index contributed by atoms with van der Waals surface area (Å²) in [5.41, 5.74) is 2.93. The van der Waals surface area contributed by atoms with Crippen LogP contribution in [0.2, 0.25) is 0 Å². The van der Waals surface area contributed by atoms with Crippen LogP contribution in [0.25, 0.3) is 0 Å². The molecular formula is C17H16N2O2S. The maximum Gasteiger partial charge on any atom is 0.291 e. The number of carbonyl (C=O) groups is 2. The van der Waals surface area contributed by atoms with Gasteiger partial charge in [0, 0.05) is 5.69 Å². The molecule has 1 aliphatic heterocycles. The van der Waals surface area contributed by atoms with Crippen LogP contribution in [0.3, 0.4) is 0 Å². The molecule has 2 amide bonds. The minimum Gasteiger partial charge on any atom is -0.365 e. The zero-order chi connectivity index (χ0) is 15.5. The first-order valence-electron chi connectivity index (χ1n) is 7.02. The van der Waals surface area contributed by atoms with E-state index in [1.54, 1.807) is 0 Å². The van der Waals surface area contributed by atoms with Gasteiger partial charge in [-0.25, -0.2) is 0 Å². The number of hydrogen-bond donors (Lipinski definition) is 1. The van der Waals surface area contributed by atoms with E-state index < -0.39 is 5.37 Å². The summed E-state index contributed by atoms with van der Waals surface area (Å²) in [6, 6.07) is 17.3. The molecule has 0 bridgehead atoms. The number of anilines is 1. The molecule has 1 N–H and O–H groups in total. The lowest BCUT2D eigenvalue weighted by molar-refractivity contribution is -0.126. The Hall–Kier alpha value is -2.27. The first-order valence-corrected chi connectivity index (χ1v) is 7.90. The lowest BCUT2D eigenvalue weighted by atomic mass is 10.2. The van der Waals surface area contributed by atoms with Gasteiger partial charge in [0.1, 0.15) is 0 Å². The molecule has 1 unspecified atom stereocenters. The smallest absolute Gasteiger partial charge is 0.291 e. The number of nitrogens with one attached hydrogen (secondary N) is 1. The van der Waals surface area contributed by atoms with Crippen molar-refractivity contribution >= 4 is 28.6 Å². The SMILES string of the molecule is Cc1ccc(NC2SC(=O)N(Cc3ccccc3)C2=O)cc1. The summed E-state index contributed by atoms with van der Waals surface area (Å²) in [4.78, 5) is 25.8. The lowest BCUT2D eigenvalue weighted by Gasteiger charge is -2.15. The predicted molar refractivity (Wildman–Crippen MR) is 88.6 cm³/mol. The molecular weight excluding hydrogens is 296 g/mol. The van der Waals surface area contributed by atoms with E-state index in [1.807, 2.05) is 61.5 Å². The minimum absolute atomic E-state index is 0.195. The second kappa shape index (κ2) is 6.23. The number of hydrogen-bond acceptors (Lipinski definition) is 4. The van der Waals surface area contributed by atoms with Gasteiger partial charge in [0.2, 0.25) is 0 Å². The van der Waals surface area contributed by atoms with Crippen LogP contribution in [0.4, 0.5) is 10.5 Å². The van der Waals surface area contributed by atoms with Crippen molar-refractivity contribution in [1.82, 2.24) is 4.90 Å². The van der Waals surface area contributed by atoms with Crippen molar-refractivity contribution in [2.24, 2.45) is 0 Å². The summed E-state index contributed by atoms with van der Waals surface area (Å²) >= 11 is 1.03. The van der Waals surface area contributed by atoms with Gasteiger partial charge < -0.3 is 5.32 Å². The third kappa shape index (κ3) is 3.14. The molecule has 112 valence electrons. The van der Waals surface area contributed by atoms with Crippen LogP contribution in [-0.2, 0) is 11.3 Å². The van der Waals surface area contributed by atoms with E-state index in [9.17, 15) is 9.59 Å². The zero-order valence-corrected chi connectivity index (χ0v) is 13.0. The molecule has 1 aliphatic rings. The number of benzene rings is 2. The Morgan fingerprint density at radius 1 is 1.05 bits per heavy atom. The molecule has 4 nitrogen and oxygen atoms in total. The molecule has 1 fully saturated rings. The topological polar surface area (TPSA) is 49.4 Å². The molecule has 0 radical (unpaired) electrons. The zero-order valence-electron chi connectivity index (χ0n) is 12.2. The van der Waals surface area contributed by atoms with Crippen molar-refractivity contribution < 1.29 is 9.59 Å². The highest BCUT2D eigenvalue weighted by molar-refractivity contribution is 8.15. The summed E-state index contributed by atoms with van der Waals surface area (Å²) in [5, 5.41) is 2.35. The molecule has 2 aromatic carbocycles. The van der Waals surface area contributed by atoms with Crippen LogP contribution in [0.5, 0.6) is 0 Å². The minimum atomic E-state index is -0.557. The van der Waals surface area contributed by atoms with Crippen molar-refractivity contribution in [3.8, 4) is 0 Å². The number of nitrogens with zero attached hydrogens (tertiary/aromatic N) is 1. The van der Waals surface area contributed by atoms with Gasteiger partial charge in [-0.1, -0.05) is 48.0 Å².